The predicted octanol–water partition coefficient (Wildman–Crippen LogP) is 13.6. The van der Waals surface area contributed by atoms with Crippen molar-refractivity contribution >= 4 is 33.2 Å². The van der Waals surface area contributed by atoms with E-state index in [9.17, 15) is 0 Å². The molecule has 2 unspecified atom stereocenters. The third-order valence-electron chi connectivity index (χ3n) is 11.5. The van der Waals surface area contributed by atoms with Crippen LogP contribution < -0.4 is 4.90 Å². The van der Waals surface area contributed by atoms with Gasteiger partial charge < -0.3 is 9.47 Å². The van der Waals surface area contributed by atoms with Crippen LogP contribution in [0.5, 0.6) is 0 Å². The van der Waals surface area contributed by atoms with E-state index in [1.54, 1.807) is 0 Å². The van der Waals surface area contributed by atoms with Crippen molar-refractivity contribution in [2.45, 2.75) is 12.0 Å². The smallest absolute Gasteiger partial charge is 0.0715 e. The lowest BCUT2D eigenvalue weighted by atomic mass is 9.91. The van der Waals surface area contributed by atoms with Crippen molar-refractivity contribution in [1.82, 2.24) is 9.55 Å². The minimum Gasteiger partial charge on any atom is -0.333 e. The molecule has 9 aromatic rings. The average Bonchev–Trinajstić information content (AvgIpc) is 3.80. The normalized spacial score (nSPS) is 15.7. The van der Waals surface area contributed by atoms with Gasteiger partial charge in [0.15, 0.2) is 0 Å². The number of fused-ring (bicyclic) bond motifs is 6. The average molecular weight is 716 g/mol. The van der Waals surface area contributed by atoms with E-state index in [1.165, 1.54) is 44.2 Å². The second kappa shape index (κ2) is 13.3. The van der Waals surface area contributed by atoms with E-state index >= 15 is 0 Å². The third kappa shape index (κ3) is 5.39. The molecule has 7 aromatic carbocycles. The molecule has 0 bridgehead atoms. The van der Waals surface area contributed by atoms with Crippen LogP contribution in [0.4, 0.5) is 11.4 Å². The first-order chi connectivity index (χ1) is 27.8. The van der Waals surface area contributed by atoms with Crippen LogP contribution in [0.3, 0.4) is 0 Å². The number of pyridine rings is 1. The zero-order valence-electron chi connectivity index (χ0n) is 30.7. The first-order valence-corrected chi connectivity index (χ1v) is 19.4. The van der Waals surface area contributed by atoms with Crippen molar-refractivity contribution in [3.63, 3.8) is 0 Å². The number of nitrogens with zero attached hydrogens (tertiary/aromatic N) is 3. The van der Waals surface area contributed by atoms with Gasteiger partial charge in [0.05, 0.1) is 28.5 Å². The first kappa shape index (κ1) is 32.2. The Kier molecular flexibility index (Phi) is 7.63. The Morgan fingerprint density at radius 1 is 0.393 bits per heavy atom. The number of allylic oxidation sites excluding steroid dienone is 2. The first-order valence-electron chi connectivity index (χ1n) is 19.4. The van der Waals surface area contributed by atoms with E-state index in [2.05, 4.69) is 222 Å². The van der Waals surface area contributed by atoms with Gasteiger partial charge in [-0.2, -0.15) is 0 Å². The quantitative estimate of drug-likeness (QED) is 0.171. The van der Waals surface area contributed by atoms with Crippen LogP contribution in [0.1, 0.15) is 11.5 Å². The zero-order chi connectivity index (χ0) is 37.0. The number of aromatic nitrogens is 2. The number of rotatable bonds is 6. The summed E-state index contributed by atoms with van der Waals surface area (Å²) in [5.74, 6) is 0.285. The molecule has 1 aliphatic heterocycles. The standard InChI is InChI=1S/C53H37N3/c1-3-15-36(16-4-1)37-27-29-39(30-28-37)49-34-41(33-48(54-49)38-17-5-2-6-18-38)40-31-42(55-50-23-11-7-19-44(50)45-20-8-12-24-51(45)55)35-43(32-40)56-52-25-13-9-21-46(52)47-22-10-14-26-53(47)56/h1-35,44,50H. The minimum atomic E-state index is 0.176. The molecule has 2 aromatic heterocycles. The maximum Gasteiger partial charge on any atom is 0.0715 e. The fraction of sp³-hybridized carbons (Fsp3) is 0.0377. The molecule has 11 rings (SSSR count). The maximum atomic E-state index is 5.31. The third-order valence-corrected chi connectivity index (χ3v) is 11.5. The molecule has 1 aliphatic carbocycles. The number of para-hydroxylation sites is 3. The Labute approximate surface area is 326 Å². The summed E-state index contributed by atoms with van der Waals surface area (Å²) in [4.78, 5) is 7.85. The van der Waals surface area contributed by atoms with Gasteiger partial charge in [0.1, 0.15) is 0 Å². The summed E-state index contributed by atoms with van der Waals surface area (Å²) in [5.41, 5.74) is 16.0. The summed E-state index contributed by atoms with van der Waals surface area (Å²) >= 11 is 0. The fourth-order valence-corrected chi connectivity index (χ4v) is 8.89. The monoisotopic (exact) mass is 715 g/mol. The van der Waals surface area contributed by atoms with Gasteiger partial charge in [-0.15, -0.1) is 0 Å². The molecule has 3 heterocycles. The lowest BCUT2D eigenvalue weighted by molar-refractivity contribution is 0.744. The van der Waals surface area contributed by atoms with Gasteiger partial charge in [0.25, 0.3) is 0 Å². The van der Waals surface area contributed by atoms with Gasteiger partial charge in [-0.05, 0) is 76.3 Å². The summed E-state index contributed by atoms with van der Waals surface area (Å²) in [6, 6.07) is 68.2. The maximum absolute atomic E-state index is 5.31. The number of anilines is 2. The highest BCUT2D eigenvalue weighted by atomic mass is 15.2. The van der Waals surface area contributed by atoms with Crippen LogP contribution in [-0.4, -0.2) is 15.6 Å². The molecule has 2 atom stereocenters. The molecular formula is C53H37N3. The zero-order valence-corrected chi connectivity index (χ0v) is 30.7. The van der Waals surface area contributed by atoms with E-state index in [-0.39, 0.29) is 12.0 Å². The molecule has 2 aliphatic rings. The molecule has 0 N–H and O–H groups in total. The number of hydrogen-bond acceptors (Lipinski definition) is 2. The van der Waals surface area contributed by atoms with E-state index in [0.717, 1.165) is 45.0 Å². The number of hydrogen-bond donors (Lipinski definition) is 0. The molecule has 3 nitrogen and oxygen atoms in total. The van der Waals surface area contributed by atoms with Crippen LogP contribution >= 0.6 is 0 Å². The van der Waals surface area contributed by atoms with Gasteiger partial charge in [-0.3, -0.25) is 0 Å². The van der Waals surface area contributed by atoms with E-state index < -0.39 is 0 Å². The number of benzene rings is 7. The van der Waals surface area contributed by atoms with Crippen molar-refractivity contribution in [3.8, 4) is 50.5 Å². The van der Waals surface area contributed by atoms with Crippen molar-refractivity contribution < 1.29 is 0 Å². The highest BCUT2D eigenvalue weighted by Gasteiger charge is 2.37. The van der Waals surface area contributed by atoms with Crippen LogP contribution in [0.15, 0.2) is 212 Å². The summed E-state index contributed by atoms with van der Waals surface area (Å²) in [6.07, 6.45) is 9.10. The lowest BCUT2D eigenvalue weighted by Gasteiger charge is -2.30. The Balaban J connectivity index is 1.15. The van der Waals surface area contributed by atoms with Gasteiger partial charge in [-0.1, -0.05) is 164 Å². The lowest BCUT2D eigenvalue weighted by Crippen LogP contribution is -2.28. The van der Waals surface area contributed by atoms with Crippen LogP contribution in [0.25, 0.3) is 72.3 Å². The van der Waals surface area contributed by atoms with Crippen LogP contribution in [0, 0.1) is 0 Å². The molecule has 0 amide bonds. The van der Waals surface area contributed by atoms with Gasteiger partial charge in [-0.25, -0.2) is 4.98 Å². The van der Waals surface area contributed by atoms with Crippen molar-refractivity contribution in [2.75, 3.05) is 4.90 Å². The Morgan fingerprint density at radius 3 is 1.62 bits per heavy atom. The van der Waals surface area contributed by atoms with E-state index in [4.69, 9.17) is 4.98 Å². The largest absolute Gasteiger partial charge is 0.333 e. The molecule has 0 fully saturated rings. The SMILES string of the molecule is C1=CC2c3ccccc3N(c3cc(-c4cc(-c5ccccc5)nc(-c5ccc(-c6ccccc6)cc5)c4)cc(-n4c5ccccc5c5ccccc54)c3)C2C=C1. The Hall–Kier alpha value is -7.23. The fourth-order valence-electron chi connectivity index (χ4n) is 8.89. The highest BCUT2D eigenvalue weighted by molar-refractivity contribution is 6.09. The van der Waals surface area contributed by atoms with Crippen LogP contribution in [-0.2, 0) is 0 Å². The Bertz CT molecular complexity index is 2920. The molecule has 0 spiro atoms. The van der Waals surface area contributed by atoms with Crippen molar-refractivity contribution in [2.24, 2.45) is 0 Å². The molecule has 264 valence electrons. The molecule has 0 saturated carbocycles. The van der Waals surface area contributed by atoms with Crippen LogP contribution in [0.2, 0.25) is 0 Å². The Morgan fingerprint density at radius 2 is 0.911 bits per heavy atom. The highest BCUT2D eigenvalue weighted by Crippen LogP contribution is 2.49. The molecule has 56 heavy (non-hydrogen) atoms. The summed E-state index contributed by atoms with van der Waals surface area (Å²) in [5, 5.41) is 2.50. The van der Waals surface area contributed by atoms with Gasteiger partial charge in [0.2, 0.25) is 0 Å². The summed E-state index contributed by atoms with van der Waals surface area (Å²) in [7, 11) is 0. The molecule has 0 saturated heterocycles. The summed E-state index contributed by atoms with van der Waals surface area (Å²) in [6.45, 7) is 0. The van der Waals surface area contributed by atoms with Gasteiger partial charge in [0, 0.05) is 44.9 Å². The minimum absolute atomic E-state index is 0.176. The second-order valence-electron chi connectivity index (χ2n) is 14.8. The van der Waals surface area contributed by atoms with E-state index in [1.807, 2.05) is 0 Å². The molecule has 3 heteroatoms. The molecular weight excluding hydrogens is 679 g/mol. The van der Waals surface area contributed by atoms with Crippen molar-refractivity contribution in [3.05, 3.63) is 218 Å². The van der Waals surface area contributed by atoms with Crippen molar-refractivity contribution in [1.29, 1.82) is 0 Å². The van der Waals surface area contributed by atoms with E-state index in [0.29, 0.717) is 0 Å². The predicted molar refractivity (Wildman–Crippen MR) is 234 cm³/mol. The van der Waals surface area contributed by atoms with Gasteiger partial charge >= 0.3 is 0 Å². The molecule has 0 radical (unpaired) electrons. The second-order valence-corrected chi connectivity index (χ2v) is 14.8. The topological polar surface area (TPSA) is 21.1 Å². The summed E-state index contributed by atoms with van der Waals surface area (Å²) < 4.78 is 2.44.